The second-order valence-corrected chi connectivity index (χ2v) is 5.86. The van der Waals surface area contributed by atoms with Crippen molar-refractivity contribution >= 4 is 28.4 Å². The number of nitrogens with zero attached hydrogens (tertiary/aromatic N) is 3. The maximum absolute atomic E-state index is 12.2. The van der Waals surface area contributed by atoms with Crippen LogP contribution in [0.5, 0.6) is 0 Å². The number of aromatic nitrogens is 1. The molecule has 1 aromatic heterocycles. The van der Waals surface area contributed by atoms with Gasteiger partial charge in [-0.25, -0.2) is 0 Å². The zero-order valence-corrected chi connectivity index (χ0v) is 13.4. The molecule has 1 aromatic carbocycles. The van der Waals surface area contributed by atoms with Gasteiger partial charge in [0.1, 0.15) is 0 Å². The highest BCUT2D eigenvalue weighted by atomic mass is 16.2. The summed E-state index contributed by atoms with van der Waals surface area (Å²) in [6, 6.07) is 9.62. The lowest BCUT2D eigenvalue weighted by atomic mass is 10.1. The Morgan fingerprint density at radius 3 is 2.65 bits per heavy atom. The predicted octanol–water partition coefficient (Wildman–Crippen LogP) is 2.60. The molecule has 5 heteroatoms. The summed E-state index contributed by atoms with van der Waals surface area (Å²) >= 11 is 0. The number of para-hydroxylation sites is 1. The molecule has 0 aliphatic carbocycles. The topological polar surface area (TPSA) is 53.5 Å². The number of carbonyl (C=O) groups excluding carboxylic acids is 2. The third-order valence-corrected chi connectivity index (χ3v) is 4.29. The van der Waals surface area contributed by atoms with Crippen LogP contribution in [-0.4, -0.2) is 41.3 Å². The zero-order chi connectivity index (χ0) is 16.2. The van der Waals surface area contributed by atoms with Crippen LogP contribution in [0.1, 0.15) is 26.2 Å². The third kappa shape index (κ3) is 3.33. The lowest BCUT2D eigenvalue weighted by molar-refractivity contribution is -0.129. The molecule has 0 bridgehead atoms. The summed E-state index contributed by atoms with van der Waals surface area (Å²) in [5, 5.41) is 0.988. The third-order valence-electron chi connectivity index (χ3n) is 4.29. The maximum atomic E-state index is 12.2. The molecule has 2 aromatic rings. The van der Waals surface area contributed by atoms with Crippen molar-refractivity contribution in [1.82, 2.24) is 9.88 Å². The van der Waals surface area contributed by atoms with E-state index in [0.29, 0.717) is 13.0 Å². The molecule has 1 aliphatic rings. The minimum Gasteiger partial charge on any atom is -0.343 e. The second kappa shape index (κ2) is 6.77. The molecule has 120 valence electrons. The normalized spacial score (nSPS) is 14.2. The van der Waals surface area contributed by atoms with Crippen molar-refractivity contribution in [2.24, 2.45) is 0 Å². The van der Waals surface area contributed by atoms with Crippen molar-refractivity contribution in [1.29, 1.82) is 0 Å². The maximum Gasteiger partial charge on any atom is 0.224 e. The first kappa shape index (κ1) is 15.5. The Kier molecular flexibility index (Phi) is 4.55. The summed E-state index contributed by atoms with van der Waals surface area (Å²) in [6.45, 7) is 3.60. The Morgan fingerprint density at radius 1 is 1.17 bits per heavy atom. The molecule has 0 spiro atoms. The van der Waals surface area contributed by atoms with E-state index < -0.39 is 0 Å². The zero-order valence-electron chi connectivity index (χ0n) is 13.4. The Labute approximate surface area is 135 Å². The van der Waals surface area contributed by atoms with Gasteiger partial charge in [0.2, 0.25) is 11.8 Å². The van der Waals surface area contributed by atoms with Crippen LogP contribution in [0.15, 0.2) is 36.5 Å². The molecule has 0 atom stereocenters. The number of hydrogen-bond donors (Lipinski definition) is 0. The molecule has 2 heterocycles. The van der Waals surface area contributed by atoms with Gasteiger partial charge >= 0.3 is 0 Å². The summed E-state index contributed by atoms with van der Waals surface area (Å²) in [5.41, 5.74) is 1.56. The molecular weight excluding hydrogens is 290 g/mol. The van der Waals surface area contributed by atoms with E-state index in [9.17, 15) is 9.59 Å². The monoisotopic (exact) mass is 311 g/mol. The van der Waals surface area contributed by atoms with E-state index in [1.54, 1.807) is 11.1 Å². The lowest BCUT2D eigenvalue weighted by Gasteiger charge is -2.23. The summed E-state index contributed by atoms with van der Waals surface area (Å²) < 4.78 is 0. The van der Waals surface area contributed by atoms with E-state index in [2.05, 4.69) is 4.98 Å². The first-order valence-electron chi connectivity index (χ1n) is 8.06. The van der Waals surface area contributed by atoms with Crippen LogP contribution in [-0.2, 0) is 9.59 Å². The smallest absolute Gasteiger partial charge is 0.224 e. The molecule has 2 amide bonds. The number of amides is 2. The van der Waals surface area contributed by atoms with E-state index in [1.807, 2.05) is 35.2 Å². The number of pyridine rings is 1. The number of hydrogen-bond acceptors (Lipinski definition) is 3. The highest BCUT2D eigenvalue weighted by Gasteiger charge is 2.21. The van der Waals surface area contributed by atoms with Gasteiger partial charge in [-0.1, -0.05) is 18.2 Å². The van der Waals surface area contributed by atoms with Gasteiger partial charge in [0.25, 0.3) is 0 Å². The number of rotatable bonds is 4. The van der Waals surface area contributed by atoms with Crippen molar-refractivity contribution in [3.05, 3.63) is 36.5 Å². The van der Waals surface area contributed by atoms with Crippen molar-refractivity contribution in [3.63, 3.8) is 0 Å². The summed E-state index contributed by atoms with van der Waals surface area (Å²) in [7, 11) is 0. The summed E-state index contributed by atoms with van der Waals surface area (Å²) in [5.74, 6) is 0.0549. The number of fused-ring (bicyclic) bond motifs is 1. The van der Waals surface area contributed by atoms with E-state index in [4.69, 9.17) is 0 Å². The quantitative estimate of drug-likeness (QED) is 0.872. The molecule has 0 radical (unpaired) electrons. The van der Waals surface area contributed by atoms with Crippen LogP contribution in [0.25, 0.3) is 10.9 Å². The van der Waals surface area contributed by atoms with E-state index in [0.717, 1.165) is 42.5 Å². The molecule has 1 fully saturated rings. The van der Waals surface area contributed by atoms with Crippen LogP contribution in [0.3, 0.4) is 0 Å². The summed E-state index contributed by atoms with van der Waals surface area (Å²) in [4.78, 5) is 32.3. The Bertz CT molecular complexity index is 718. The van der Waals surface area contributed by atoms with Crippen LogP contribution >= 0.6 is 0 Å². The molecule has 23 heavy (non-hydrogen) atoms. The van der Waals surface area contributed by atoms with E-state index in [-0.39, 0.29) is 11.8 Å². The Morgan fingerprint density at radius 2 is 1.91 bits per heavy atom. The number of likely N-dealkylation sites (tertiary alicyclic amines) is 1. The number of anilines is 1. The van der Waals surface area contributed by atoms with Gasteiger partial charge in [-0.3, -0.25) is 14.6 Å². The van der Waals surface area contributed by atoms with Crippen molar-refractivity contribution < 1.29 is 9.59 Å². The average molecular weight is 311 g/mol. The summed E-state index contributed by atoms with van der Waals surface area (Å²) in [6.07, 6.45) is 4.23. The lowest BCUT2D eigenvalue weighted by Crippen LogP contribution is -2.35. The largest absolute Gasteiger partial charge is 0.343 e. The van der Waals surface area contributed by atoms with Crippen LogP contribution in [0.4, 0.5) is 5.69 Å². The van der Waals surface area contributed by atoms with Crippen LogP contribution in [0.2, 0.25) is 0 Å². The van der Waals surface area contributed by atoms with Gasteiger partial charge in [0.15, 0.2) is 0 Å². The van der Waals surface area contributed by atoms with Gasteiger partial charge in [-0.15, -0.1) is 0 Å². The predicted molar refractivity (Wildman–Crippen MR) is 90.2 cm³/mol. The highest BCUT2D eigenvalue weighted by Crippen LogP contribution is 2.25. The molecule has 1 saturated heterocycles. The van der Waals surface area contributed by atoms with Crippen molar-refractivity contribution in [2.45, 2.75) is 26.2 Å². The molecule has 0 N–H and O–H groups in total. The fraction of sp³-hybridized carbons (Fsp3) is 0.389. The molecule has 1 aliphatic heterocycles. The number of carbonyl (C=O) groups is 2. The second-order valence-electron chi connectivity index (χ2n) is 5.86. The Hall–Kier alpha value is -2.43. The van der Waals surface area contributed by atoms with E-state index in [1.165, 1.54) is 6.92 Å². The first-order chi connectivity index (χ1) is 11.2. The van der Waals surface area contributed by atoms with Crippen LogP contribution in [0, 0.1) is 0 Å². The fourth-order valence-electron chi connectivity index (χ4n) is 3.09. The minimum absolute atomic E-state index is 0.0719. The molecule has 5 nitrogen and oxygen atoms in total. The highest BCUT2D eigenvalue weighted by molar-refractivity contribution is 6.01. The van der Waals surface area contributed by atoms with E-state index >= 15 is 0 Å². The molecule has 0 saturated carbocycles. The molecule has 3 rings (SSSR count). The molecular formula is C18H21N3O2. The standard InChI is InChI=1S/C18H21N3O2/c1-14(22)21(13-9-17(23)20-11-2-3-12-20)16-8-4-6-15-7-5-10-19-18(15)16/h4-8,10H,2-3,9,11-13H2,1H3. The van der Waals surface area contributed by atoms with Crippen molar-refractivity contribution in [2.75, 3.05) is 24.5 Å². The van der Waals surface area contributed by atoms with Crippen molar-refractivity contribution in [3.8, 4) is 0 Å². The van der Waals surface area contributed by atoms with Gasteiger partial charge in [0.05, 0.1) is 11.2 Å². The van der Waals surface area contributed by atoms with Gasteiger partial charge in [-0.2, -0.15) is 0 Å². The molecule has 0 unspecified atom stereocenters. The SMILES string of the molecule is CC(=O)N(CCC(=O)N1CCCC1)c1cccc2cccnc12. The number of benzene rings is 1. The first-order valence-corrected chi connectivity index (χ1v) is 8.06. The van der Waals surface area contributed by atoms with Gasteiger partial charge < -0.3 is 9.80 Å². The van der Waals surface area contributed by atoms with Crippen LogP contribution < -0.4 is 4.90 Å². The average Bonchev–Trinajstić information content (AvgIpc) is 3.09. The van der Waals surface area contributed by atoms with Gasteiger partial charge in [0, 0.05) is 44.6 Å². The minimum atomic E-state index is -0.0719. The Balaban J connectivity index is 1.80. The fourth-order valence-corrected chi connectivity index (χ4v) is 3.09. The van der Waals surface area contributed by atoms with Gasteiger partial charge in [-0.05, 0) is 25.0 Å².